The molecule has 1 amide bonds. The van der Waals surface area contributed by atoms with E-state index in [0.29, 0.717) is 23.9 Å². The molecule has 2 aromatic heterocycles. The van der Waals surface area contributed by atoms with Crippen molar-refractivity contribution >= 4 is 20.0 Å². The van der Waals surface area contributed by atoms with Gasteiger partial charge in [0.05, 0.1) is 24.6 Å². The second-order valence-corrected chi connectivity index (χ2v) is 19.4. The van der Waals surface area contributed by atoms with Crippen LogP contribution in [0.25, 0.3) is 11.1 Å². The van der Waals surface area contributed by atoms with Gasteiger partial charge in [-0.2, -0.15) is 13.2 Å². The number of likely N-dealkylation sites (N-methyl/N-ethyl adjacent to an activating group) is 1. The maximum atomic E-state index is 14.3. The van der Waals surface area contributed by atoms with Crippen LogP contribution >= 0.6 is 0 Å². The highest BCUT2D eigenvalue weighted by molar-refractivity contribution is 6.83. The van der Waals surface area contributed by atoms with E-state index in [0.717, 1.165) is 33.0 Å². The van der Waals surface area contributed by atoms with Crippen molar-refractivity contribution in [2.24, 2.45) is 5.92 Å². The average Bonchev–Trinajstić information content (AvgIpc) is 3.01. The number of ether oxygens (including phenoxy) is 1. The van der Waals surface area contributed by atoms with Gasteiger partial charge in [-0.25, -0.2) is 4.98 Å². The Labute approximate surface area is 300 Å². The molecule has 2 unspecified atom stereocenters. The Bertz CT molecular complexity index is 1810. The van der Waals surface area contributed by atoms with Gasteiger partial charge >= 0.3 is 12.1 Å². The summed E-state index contributed by atoms with van der Waals surface area (Å²) >= 11 is 0. The van der Waals surface area contributed by atoms with Gasteiger partial charge in [0.25, 0.3) is 5.56 Å². The normalized spacial score (nSPS) is 13.1. The fourth-order valence-electron chi connectivity index (χ4n) is 5.79. The fraction of sp³-hybridized carbons (Fsp3) is 0.487. The Balaban J connectivity index is 2.21. The standard InChI is InChI=1S/C39H51F3N4O4Si/c1-11-50-36(48)22-33(29-20-30(37-26(4)13-12-14-27(37)5)32(43-23-29)16-18-51(8,9)10)44-38(49)34(19-25(2)3)46-24-28(15-17-45(6)7)31(21-35(46)47)39(40,41)42/h12-14,20-21,23-25,33-34H,11,15,17,19,22H2,1-10H3,(H,44,49). The molecular formula is C39H51F3N4O4Si. The lowest BCUT2D eigenvalue weighted by Crippen LogP contribution is -2.40. The number of pyridine rings is 2. The molecule has 0 saturated carbocycles. The number of aromatic nitrogens is 2. The molecule has 0 saturated heterocycles. The Kier molecular flexibility index (Phi) is 14.0. The molecule has 276 valence electrons. The fourth-order valence-corrected chi connectivity index (χ4v) is 6.28. The van der Waals surface area contributed by atoms with Gasteiger partial charge in [0.15, 0.2) is 0 Å². The van der Waals surface area contributed by atoms with Gasteiger partial charge < -0.3 is 19.5 Å². The molecule has 0 fully saturated rings. The molecule has 0 aliphatic heterocycles. The summed E-state index contributed by atoms with van der Waals surface area (Å²) in [7, 11) is 1.70. The first-order valence-electron chi connectivity index (χ1n) is 17.2. The molecule has 1 aromatic carbocycles. The Morgan fingerprint density at radius 3 is 2.29 bits per heavy atom. The molecule has 12 heteroatoms. The number of nitrogens with zero attached hydrogens (tertiary/aromatic N) is 3. The predicted molar refractivity (Wildman–Crippen MR) is 198 cm³/mol. The number of benzene rings is 1. The first-order chi connectivity index (χ1) is 23.7. The van der Waals surface area contributed by atoms with Crippen molar-refractivity contribution < 1.29 is 27.5 Å². The zero-order chi connectivity index (χ0) is 38.3. The lowest BCUT2D eigenvalue weighted by Gasteiger charge is -2.27. The van der Waals surface area contributed by atoms with Crippen LogP contribution in [-0.2, 0) is 26.9 Å². The van der Waals surface area contributed by atoms with E-state index in [9.17, 15) is 27.6 Å². The number of aryl methyl sites for hydroxylation is 2. The highest BCUT2D eigenvalue weighted by Crippen LogP contribution is 2.34. The van der Waals surface area contributed by atoms with Crippen LogP contribution in [0.2, 0.25) is 19.6 Å². The summed E-state index contributed by atoms with van der Waals surface area (Å²) in [5, 5.41) is 2.95. The van der Waals surface area contributed by atoms with Crippen LogP contribution in [-0.4, -0.2) is 61.6 Å². The van der Waals surface area contributed by atoms with Crippen LogP contribution in [0.4, 0.5) is 13.2 Å². The minimum absolute atomic E-state index is 0.0172. The minimum atomic E-state index is -4.74. The molecule has 3 aromatic rings. The number of esters is 1. The van der Waals surface area contributed by atoms with Crippen molar-refractivity contribution in [1.82, 2.24) is 19.8 Å². The van der Waals surface area contributed by atoms with Crippen LogP contribution in [0.5, 0.6) is 0 Å². The largest absolute Gasteiger partial charge is 0.466 e. The van der Waals surface area contributed by atoms with Crippen LogP contribution < -0.4 is 10.9 Å². The van der Waals surface area contributed by atoms with Gasteiger partial charge in [-0.05, 0) is 87.5 Å². The van der Waals surface area contributed by atoms with Crippen molar-refractivity contribution in [3.63, 3.8) is 0 Å². The van der Waals surface area contributed by atoms with E-state index in [-0.39, 0.29) is 37.4 Å². The van der Waals surface area contributed by atoms with E-state index >= 15 is 0 Å². The molecule has 0 spiro atoms. The third-order valence-corrected chi connectivity index (χ3v) is 9.12. The zero-order valence-corrected chi connectivity index (χ0v) is 32.4. The third-order valence-electron chi connectivity index (χ3n) is 8.24. The van der Waals surface area contributed by atoms with Gasteiger partial charge in [0, 0.05) is 30.6 Å². The molecule has 51 heavy (non-hydrogen) atoms. The number of halogens is 3. The second-order valence-electron chi connectivity index (χ2n) is 14.7. The Morgan fingerprint density at radius 1 is 1.10 bits per heavy atom. The zero-order valence-electron chi connectivity index (χ0n) is 31.4. The average molecular weight is 725 g/mol. The number of carbonyl (C=O) groups is 2. The molecule has 1 N–H and O–H groups in total. The first kappa shape index (κ1) is 41.2. The summed E-state index contributed by atoms with van der Waals surface area (Å²) in [6.45, 7) is 16.2. The Hall–Kier alpha value is -4.21. The summed E-state index contributed by atoms with van der Waals surface area (Å²) in [6.07, 6.45) is -2.06. The number of nitrogens with one attached hydrogen (secondary N) is 1. The summed E-state index contributed by atoms with van der Waals surface area (Å²) in [5.74, 6) is 2.00. The molecule has 0 aliphatic rings. The van der Waals surface area contributed by atoms with Gasteiger partial charge in [0.1, 0.15) is 19.8 Å². The summed E-state index contributed by atoms with van der Waals surface area (Å²) in [6, 6.07) is 6.31. The quantitative estimate of drug-likeness (QED) is 0.113. The van der Waals surface area contributed by atoms with Crippen molar-refractivity contribution in [3.8, 4) is 22.6 Å². The number of rotatable bonds is 13. The summed E-state index contributed by atoms with van der Waals surface area (Å²) in [5.41, 5.74) is 6.11. The van der Waals surface area contributed by atoms with Gasteiger partial charge in [-0.15, -0.1) is 5.54 Å². The smallest absolute Gasteiger partial charge is 0.416 e. The number of hydrogen-bond acceptors (Lipinski definition) is 6. The SMILES string of the molecule is CCOC(=O)CC(NC(=O)C(CC(C)C)n1cc(CCN(C)C)c(C(F)(F)F)cc1=O)c1cnc(C#C[Si](C)(C)C)c(-c2c(C)cccc2C)c1. The van der Waals surface area contributed by atoms with Gasteiger partial charge in [0.2, 0.25) is 5.91 Å². The highest BCUT2D eigenvalue weighted by Gasteiger charge is 2.36. The third kappa shape index (κ3) is 11.7. The van der Waals surface area contributed by atoms with E-state index in [4.69, 9.17) is 9.72 Å². The van der Waals surface area contributed by atoms with Crippen LogP contribution in [0.3, 0.4) is 0 Å². The molecule has 3 rings (SSSR count). The van der Waals surface area contributed by atoms with Crippen molar-refractivity contribution in [1.29, 1.82) is 0 Å². The number of hydrogen-bond donors (Lipinski definition) is 1. The number of alkyl halides is 3. The lowest BCUT2D eigenvalue weighted by atomic mass is 9.92. The molecule has 2 heterocycles. The number of amides is 1. The second kappa shape index (κ2) is 17.3. The molecule has 0 aliphatic carbocycles. The lowest BCUT2D eigenvalue weighted by molar-refractivity contribution is -0.144. The maximum absolute atomic E-state index is 14.3. The van der Waals surface area contributed by atoms with E-state index in [2.05, 4.69) is 36.4 Å². The first-order valence-corrected chi connectivity index (χ1v) is 20.7. The topological polar surface area (TPSA) is 93.5 Å². The molecule has 0 radical (unpaired) electrons. The summed E-state index contributed by atoms with van der Waals surface area (Å²) in [4.78, 5) is 47.0. The van der Waals surface area contributed by atoms with Crippen LogP contribution in [0, 0.1) is 31.2 Å². The summed E-state index contributed by atoms with van der Waals surface area (Å²) < 4.78 is 48.5. The molecule has 0 bridgehead atoms. The molecule has 8 nitrogen and oxygen atoms in total. The monoisotopic (exact) mass is 724 g/mol. The van der Waals surface area contributed by atoms with Gasteiger partial charge in [-0.1, -0.05) is 57.6 Å². The highest BCUT2D eigenvalue weighted by atomic mass is 28.3. The maximum Gasteiger partial charge on any atom is 0.416 e. The van der Waals surface area contributed by atoms with Crippen molar-refractivity contribution in [2.45, 2.75) is 91.8 Å². The van der Waals surface area contributed by atoms with E-state index < -0.39 is 49.3 Å². The molecular weight excluding hydrogens is 674 g/mol. The number of carbonyl (C=O) groups excluding carboxylic acids is 2. The Morgan fingerprint density at radius 2 is 1.75 bits per heavy atom. The molecule has 2 atom stereocenters. The van der Waals surface area contributed by atoms with Gasteiger partial charge in [-0.3, -0.25) is 14.4 Å². The van der Waals surface area contributed by atoms with Crippen LogP contribution in [0.15, 0.2) is 47.5 Å². The minimum Gasteiger partial charge on any atom is -0.466 e. The predicted octanol–water partition coefficient (Wildman–Crippen LogP) is 7.28. The van der Waals surface area contributed by atoms with Crippen LogP contribution in [0.1, 0.15) is 79.2 Å². The van der Waals surface area contributed by atoms with E-state index in [1.54, 1.807) is 32.1 Å². The van der Waals surface area contributed by atoms with E-state index in [1.807, 2.05) is 52.0 Å². The van der Waals surface area contributed by atoms with Crippen molar-refractivity contribution in [2.75, 3.05) is 27.2 Å². The van der Waals surface area contributed by atoms with Crippen molar-refractivity contribution in [3.05, 3.63) is 86.6 Å². The van der Waals surface area contributed by atoms with E-state index in [1.165, 1.54) is 0 Å².